The summed E-state index contributed by atoms with van der Waals surface area (Å²) in [6.45, 7) is -0.145. The summed E-state index contributed by atoms with van der Waals surface area (Å²) < 4.78 is 5.16. The molecule has 0 fully saturated rings. The highest BCUT2D eigenvalue weighted by atomic mass is 35.5. The first-order valence-corrected chi connectivity index (χ1v) is 6.80. The minimum atomic E-state index is -0.516. The summed E-state index contributed by atoms with van der Waals surface area (Å²) in [5.41, 5.74) is 6.50. The van der Waals surface area contributed by atoms with Gasteiger partial charge in [0.1, 0.15) is 5.75 Å². The van der Waals surface area contributed by atoms with Crippen LogP contribution < -0.4 is 10.5 Å². The molecule has 108 valence electrons. The lowest BCUT2D eigenvalue weighted by atomic mass is 10.2. The lowest BCUT2D eigenvalue weighted by Gasteiger charge is -2.03. The Morgan fingerprint density at radius 2 is 1.90 bits per heavy atom. The summed E-state index contributed by atoms with van der Waals surface area (Å²) in [6.07, 6.45) is 1.67. The largest absolute Gasteiger partial charge is 0.484 e. The first-order chi connectivity index (χ1) is 10.0. The Kier molecular flexibility index (Phi) is 5.20. The van der Waals surface area contributed by atoms with Gasteiger partial charge in [-0.05, 0) is 48.0 Å². The van der Waals surface area contributed by atoms with Crippen LogP contribution in [-0.2, 0) is 4.79 Å². The van der Waals surface area contributed by atoms with Crippen molar-refractivity contribution in [3.63, 3.8) is 0 Å². The third kappa shape index (κ3) is 4.77. The van der Waals surface area contributed by atoms with Crippen LogP contribution in [0.25, 0.3) is 0 Å². The molecule has 4 nitrogen and oxygen atoms in total. The average Bonchev–Trinajstić information content (AvgIpc) is 2.45. The van der Waals surface area contributed by atoms with Crippen molar-refractivity contribution in [3.8, 4) is 5.75 Å². The predicted molar refractivity (Wildman–Crippen MR) is 84.8 cm³/mol. The fourth-order valence-corrected chi connectivity index (χ4v) is 1.99. The molecule has 0 aromatic heterocycles. The summed E-state index contributed by atoms with van der Waals surface area (Å²) in [5, 5.41) is 1.05. The number of benzene rings is 2. The van der Waals surface area contributed by atoms with Gasteiger partial charge in [0.05, 0.1) is 10.7 Å². The summed E-state index contributed by atoms with van der Waals surface area (Å²) in [7, 11) is 0. The Bertz CT molecular complexity index is 670. The second kappa shape index (κ2) is 7.11. The van der Waals surface area contributed by atoms with Crippen molar-refractivity contribution >= 4 is 41.0 Å². The van der Waals surface area contributed by atoms with Gasteiger partial charge in [0, 0.05) is 11.2 Å². The monoisotopic (exact) mass is 322 g/mol. The van der Waals surface area contributed by atoms with Crippen LogP contribution in [0.3, 0.4) is 0 Å². The van der Waals surface area contributed by atoms with Gasteiger partial charge in [0.15, 0.2) is 6.61 Å². The number of halogens is 2. The van der Waals surface area contributed by atoms with Gasteiger partial charge in [0.25, 0.3) is 5.91 Å². The van der Waals surface area contributed by atoms with Crippen LogP contribution in [0.15, 0.2) is 47.5 Å². The molecule has 0 bridgehead atoms. The zero-order valence-corrected chi connectivity index (χ0v) is 12.4. The van der Waals surface area contributed by atoms with E-state index in [-0.39, 0.29) is 6.61 Å². The summed E-state index contributed by atoms with van der Waals surface area (Å²) in [6, 6.07) is 12.2. The van der Waals surface area contributed by atoms with Crippen LogP contribution in [0, 0.1) is 0 Å². The van der Waals surface area contributed by atoms with Crippen LogP contribution in [-0.4, -0.2) is 18.7 Å². The highest BCUT2D eigenvalue weighted by molar-refractivity contribution is 6.36. The van der Waals surface area contributed by atoms with Crippen molar-refractivity contribution in [1.29, 1.82) is 0 Å². The van der Waals surface area contributed by atoms with Gasteiger partial charge in [-0.3, -0.25) is 9.79 Å². The van der Waals surface area contributed by atoms with E-state index in [4.69, 9.17) is 33.7 Å². The smallest absolute Gasteiger partial charge is 0.255 e. The zero-order valence-electron chi connectivity index (χ0n) is 10.9. The Hall–Kier alpha value is -2.04. The normalized spacial score (nSPS) is 10.8. The minimum Gasteiger partial charge on any atom is -0.484 e. The van der Waals surface area contributed by atoms with Crippen molar-refractivity contribution in [1.82, 2.24) is 0 Å². The van der Waals surface area contributed by atoms with E-state index in [0.717, 1.165) is 5.56 Å². The highest BCUT2D eigenvalue weighted by Gasteiger charge is 1.99. The van der Waals surface area contributed by atoms with E-state index >= 15 is 0 Å². The number of rotatable bonds is 5. The molecule has 0 aliphatic heterocycles. The molecule has 0 aliphatic rings. The first kappa shape index (κ1) is 15.4. The Morgan fingerprint density at radius 1 is 1.19 bits per heavy atom. The van der Waals surface area contributed by atoms with Crippen LogP contribution in [0.4, 0.5) is 5.69 Å². The number of aliphatic imine (C=N–C) groups is 1. The van der Waals surface area contributed by atoms with Gasteiger partial charge >= 0.3 is 0 Å². The molecule has 0 saturated heterocycles. The summed E-state index contributed by atoms with van der Waals surface area (Å²) in [4.78, 5) is 14.9. The van der Waals surface area contributed by atoms with Crippen molar-refractivity contribution in [2.45, 2.75) is 0 Å². The maximum absolute atomic E-state index is 10.6. The molecule has 2 N–H and O–H groups in total. The number of nitrogens with zero attached hydrogens (tertiary/aromatic N) is 1. The van der Waals surface area contributed by atoms with Gasteiger partial charge in [-0.1, -0.05) is 23.2 Å². The molecular weight excluding hydrogens is 311 g/mol. The average molecular weight is 323 g/mol. The van der Waals surface area contributed by atoms with Crippen LogP contribution in [0.2, 0.25) is 10.0 Å². The summed E-state index contributed by atoms with van der Waals surface area (Å²) in [5.74, 6) is 0.0495. The van der Waals surface area contributed by atoms with E-state index in [1.807, 2.05) is 12.1 Å². The zero-order chi connectivity index (χ0) is 15.2. The van der Waals surface area contributed by atoms with Crippen molar-refractivity contribution in [3.05, 3.63) is 58.1 Å². The third-order valence-corrected chi connectivity index (χ3v) is 3.06. The number of carbonyl (C=O) groups excluding carboxylic acids is 1. The van der Waals surface area contributed by atoms with E-state index in [2.05, 4.69) is 4.99 Å². The van der Waals surface area contributed by atoms with E-state index in [1.54, 1.807) is 36.5 Å². The molecule has 0 unspecified atom stereocenters. The maximum Gasteiger partial charge on any atom is 0.255 e. The van der Waals surface area contributed by atoms with Crippen LogP contribution in [0.1, 0.15) is 5.56 Å². The van der Waals surface area contributed by atoms with Gasteiger partial charge < -0.3 is 10.5 Å². The van der Waals surface area contributed by atoms with E-state index < -0.39 is 5.91 Å². The molecule has 0 spiro atoms. The van der Waals surface area contributed by atoms with E-state index in [1.165, 1.54) is 0 Å². The highest BCUT2D eigenvalue weighted by Crippen LogP contribution is 2.27. The quantitative estimate of drug-likeness (QED) is 0.854. The van der Waals surface area contributed by atoms with Gasteiger partial charge in [-0.15, -0.1) is 0 Å². The molecule has 0 radical (unpaired) electrons. The topological polar surface area (TPSA) is 64.7 Å². The molecule has 0 aliphatic carbocycles. The molecule has 6 heteroatoms. The maximum atomic E-state index is 10.6. The third-order valence-electron chi connectivity index (χ3n) is 2.52. The molecule has 2 aromatic rings. The number of amides is 1. The first-order valence-electron chi connectivity index (χ1n) is 6.05. The number of ether oxygens (including phenoxy) is 1. The molecule has 1 amide bonds. The number of nitrogens with two attached hydrogens (primary N) is 1. The molecule has 0 atom stereocenters. The van der Waals surface area contributed by atoms with Crippen LogP contribution in [0.5, 0.6) is 5.75 Å². The number of primary amides is 1. The SMILES string of the molecule is NC(=O)COc1ccc(C=Nc2ccc(Cl)cc2Cl)cc1. The van der Waals surface area contributed by atoms with E-state index in [0.29, 0.717) is 21.5 Å². The van der Waals surface area contributed by atoms with Crippen LogP contribution >= 0.6 is 23.2 Å². The minimum absolute atomic E-state index is 0.145. The Balaban J connectivity index is 2.05. The van der Waals surface area contributed by atoms with Gasteiger partial charge in [-0.25, -0.2) is 0 Å². The fourth-order valence-electron chi connectivity index (χ4n) is 1.53. The molecular formula is C15H12Cl2N2O2. The molecule has 21 heavy (non-hydrogen) atoms. The molecule has 0 heterocycles. The standard InChI is InChI=1S/C15H12Cl2N2O2/c16-11-3-6-14(13(17)7-11)19-8-10-1-4-12(5-2-10)21-9-15(18)20/h1-8H,9H2,(H2,18,20). The lowest BCUT2D eigenvalue weighted by molar-refractivity contribution is -0.119. The Labute approximate surface area is 132 Å². The second-order valence-electron chi connectivity index (χ2n) is 4.18. The number of hydrogen-bond acceptors (Lipinski definition) is 3. The van der Waals surface area contributed by atoms with Crippen molar-refractivity contribution in [2.75, 3.05) is 6.61 Å². The Morgan fingerprint density at radius 3 is 2.52 bits per heavy atom. The number of hydrogen-bond donors (Lipinski definition) is 1. The number of carbonyl (C=O) groups is 1. The van der Waals surface area contributed by atoms with Crippen molar-refractivity contribution < 1.29 is 9.53 Å². The van der Waals surface area contributed by atoms with Crippen molar-refractivity contribution in [2.24, 2.45) is 10.7 Å². The fraction of sp³-hybridized carbons (Fsp3) is 0.0667. The summed E-state index contributed by atoms with van der Waals surface area (Å²) >= 11 is 11.9. The second-order valence-corrected chi connectivity index (χ2v) is 5.02. The molecule has 2 rings (SSSR count). The van der Waals surface area contributed by atoms with Gasteiger partial charge in [-0.2, -0.15) is 0 Å². The predicted octanol–water partition coefficient (Wildman–Crippen LogP) is 3.61. The lowest BCUT2D eigenvalue weighted by Crippen LogP contribution is -2.19. The van der Waals surface area contributed by atoms with Gasteiger partial charge in [0.2, 0.25) is 0 Å². The molecule has 2 aromatic carbocycles. The van der Waals surface area contributed by atoms with E-state index in [9.17, 15) is 4.79 Å². The molecule has 0 saturated carbocycles.